The highest BCUT2D eigenvalue weighted by Gasteiger charge is 2.30. The molecule has 1 aromatic heterocycles. The van der Waals surface area contributed by atoms with Crippen molar-refractivity contribution in [2.45, 2.75) is 39.0 Å². The van der Waals surface area contributed by atoms with Gasteiger partial charge in [-0.05, 0) is 48.7 Å². The molecule has 1 heterocycles. The van der Waals surface area contributed by atoms with E-state index in [1.807, 2.05) is 19.1 Å². The van der Waals surface area contributed by atoms with E-state index in [9.17, 15) is 18.0 Å². The van der Waals surface area contributed by atoms with Crippen LogP contribution in [0.2, 0.25) is 0 Å². The number of Topliss-reactive ketones (excluding diaryl/α,β-unsaturated/α-hetero) is 1. The van der Waals surface area contributed by atoms with Crippen LogP contribution in [0.5, 0.6) is 0 Å². The first-order valence-electron chi connectivity index (χ1n) is 11.6. The van der Waals surface area contributed by atoms with Crippen LogP contribution in [0.3, 0.4) is 0 Å². The van der Waals surface area contributed by atoms with E-state index in [1.54, 1.807) is 61.5 Å². The monoisotopic (exact) mass is 527 g/mol. The van der Waals surface area contributed by atoms with Crippen molar-refractivity contribution in [2.75, 3.05) is 11.3 Å². The number of carbonyl (C=O) groups excluding carboxylic acids is 1. The van der Waals surface area contributed by atoms with Crippen molar-refractivity contribution in [3.05, 3.63) is 100.0 Å². The van der Waals surface area contributed by atoms with E-state index in [0.717, 1.165) is 6.42 Å². The summed E-state index contributed by atoms with van der Waals surface area (Å²) in [4.78, 5) is 28.9. The van der Waals surface area contributed by atoms with Gasteiger partial charge in [0.15, 0.2) is 0 Å². The molecule has 0 bridgehead atoms. The molecule has 3 rings (SSSR count). The van der Waals surface area contributed by atoms with Crippen LogP contribution >= 0.6 is 0 Å². The number of ketones is 1. The summed E-state index contributed by atoms with van der Waals surface area (Å²) in [6.45, 7) is 5.50. The van der Waals surface area contributed by atoms with Gasteiger partial charge in [0, 0.05) is 5.69 Å². The van der Waals surface area contributed by atoms with Gasteiger partial charge in [0.25, 0.3) is 5.56 Å². The molecule has 0 radical (unpaired) electrons. The summed E-state index contributed by atoms with van der Waals surface area (Å²) < 4.78 is 30.4. The molecular weight excluding hydrogens is 494 g/mol. The molecule has 37 heavy (non-hydrogen) atoms. The Morgan fingerprint density at radius 3 is 2.00 bits per heavy atom. The molecule has 10 nitrogen and oxygen atoms in total. The van der Waals surface area contributed by atoms with Crippen molar-refractivity contribution >= 4 is 27.5 Å². The van der Waals surface area contributed by atoms with Gasteiger partial charge in [-0.2, -0.15) is 0 Å². The Bertz CT molecular complexity index is 1310. The van der Waals surface area contributed by atoms with Crippen LogP contribution in [-0.2, 0) is 26.2 Å². The van der Waals surface area contributed by atoms with Crippen molar-refractivity contribution in [3.8, 4) is 0 Å². The summed E-state index contributed by atoms with van der Waals surface area (Å²) in [6, 6.07) is 20.7. The van der Waals surface area contributed by atoms with Gasteiger partial charge in [0.05, 0.1) is 6.54 Å². The maximum Gasteiger partial charge on any atom is 0.275 e. The highest BCUT2D eigenvalue weighted by molar-refractivity contribution is 7.93. The standard InChI is InChI=1S/C22H22N2O4S.C4H11N3O/c1-16-13-14-20(22(26)24(16)15-17(2)25)23-29(27,28)21(18-9-5-3-6-10-18)19-11-7-4-8-12-19;1-2-3-8-7-4(5)6/h3-14,21,23H,15H2,1-2H3;2-3H2,1H3,(H4,5,6,7). The van der Waals surface area contributed by atoms with E-state index < -0.39 is 20.8 Å². The highest BCUT2D eigenvalue weighted by atomic mass is 32.2. The summed E-state index contributed by atoms with van der Waals surface area (Å²) in [7, 11) is -4.01. The Morgan fingerprint density at radius 2 is 1.54 bits per heavy atom. The minimum atomic E-state index is -4.01. The maximum absolute atomic E-state index is 13.3. The average molecular weight is 528 g/mol. The third-order valence-electron chi connectivity index (χ3n) is 5.01. The molecule has 2 aromatic carbocycles. The molecule has 0 saturated heterocycles. The number of nitrogens with two attached hydrogens (primary N) is 2. The van der Waals surface area contributed by atoms with Crippen LogP contribution in [0.4, 0.5) is 5.69 Å². The van der Waals surface area contributed by atoms with E-state index in [0.29, 0.717) is 23.4 Å². The molecule has 0 fully saturated rings. The Balaban J connectivity index is 0.000000521. The smallest absolute Gasteiger partial charge is 0.275 e. The SMILES string of the molecule is CC(=O)Cn1c(C)ccc(NS(=O)(=O)C(c2ccccc2)c2ccccc2)c1=O.CCCON=C(N)N. The van der Waals surface area contributed by atoms with Crippen LogP contribution in [0.1, 0.15) is 42.3 Å². The largest absolute Gasteiger partial charge is 0.393 e. The third-order valence-corrected chi connectivity index (χ3v) is 6.68. The lowest BCUT2D eigenvalue weighted by molar-refractivity contribution is -0.117. The third kappa shape index (κ3) is 8.80. The lowest BCUT2D eigenvalue weighted by Crippen LogP contribution is -2.31. The number of benzene rings is 2. The number of sulfonamides is 1. The lowest BCUT2D eigenvalue weighted by Gasteiger charge is -2.20. The molecular formula is C26H33N5O5S. The van der Waals surface area contributed by atoms with E-state index in [4.69, 9.17) is 11.5 Å². The van der Waals surface area contributed by atoms with Crippen molar-refractivity contribution in [3.63, 3.8) is 0 Å². The predicted octanol–water partition coefficient (Wildman–Crippen LogP) is 2.88. The summed E-state index contributed by atoms with van der Waals surface area (Å²) in [6.07, 6.45) is 0.913. The zero-order valence-electron chi connectivity index (χ0n) is 21.1. The summed E-state index contributed by atoms with van der Waals surface area (Å²) >= 11 is 0. The van der Waals surface area contributed by atoms with Gasteiger partial charge in [-0.15, -0.1) is 0 Å². The van der Waals surface area contributed by atoms with Gasteiger partial charge >= 0.3 is 0 Å². The van der Waals surface area contributed by atoms with Crippen LogP contribution < -0.4 is 21.7 Å². The number of pyridine rings is 1. The van der Waals surface area contributed by atoms with Gasteiger partial charge < -0.3 is 20.9 Å². The maximum atomic E-state index is 13.3. The fourth-order valence-electron chi connectivity index (χ4n) is 3.40. The van der Waals surface area contributed by atoms with Crippen LogP contribution in [-0.4, -0.2) is 31.3 Å². The Labute approximate surface area is 217 Å². The van der Waals surface area contributed by atoms with Crippen LogP contribution in [0.15, 0.2) is 82.7 Å². The molecule has 0 aliphatic heterocycles. The summed E-state index contributed by atoms with van der Waals surface area (Å²) in [5.74, 6) is -0.222. The predicted molar refractivity (Wildman–Crippen MR) is 145 cm³/mol. The van der Waals surface area contributed by atoms with Gasteiger partial charge in [-0.1, -0.05) is 67.6 Å². The summed E-state index contributed by atoms with van der Waals surface area (Å²) in [5, 5.41) is 2.29. The zero-order valence-corrected chi connectivity index (χ0v) is 21.9. The number of oxime groups is 1. The Hall–Kier alpha value is -4.12. The molecule has 0 atom stereocenters. The fourth-order valence-corrected chi connectivity index (χ4v) is 5.01. The lowest BCUT2D eigenvalue weighted by atomic mass is 10.0. The molecule has 0 unspecified atom stereocenters. The second-order valence-corrected chi connectivity index (χ2v) is 9.95. The first-order valence-corrected chi connectivity index (χ1v) is 13.1. The topological polar surface area (TPSA) is 159 Å². The van der Waals surface area contributed by atoms with Crippen molar-refractivity contribution in [1.29, 1.82) is 0 Å². The Kier molecular flexibility index (Phi) is 10.9. The minimum Gasteiger partial charge on any atom is -0.393 e. The number of anilines is 1. The second-order valence-electron chi connectivity index (χ2n) is 8.18. The number of hydrogen-bond acceptors (Lipinski definition) is 6. The number of aryl methyl sites for hydroxylation is 1. The van der Waals surface area contributed by atoms with Crippen LogP contribution in [0.25, 0.3) is 0 Å². The molecule has 3 aromatic rings. The molecule has 198 valence electrons. The number of hydrogen-bond donors (Lipinski definition) is 3. The van der Waals surface area contributed by atoms with Crippen molar-refractivity contribution in [1.82, 2.24) is 4.57 Å². The Morgan fingerprint density at radius 1 is 1.00 bits per heavy atom. The van der Waals surface area contributed by atoms with E-state index in [1.165, 1.54) is 17.6 Å². The van der Waals surface area contributed by atoms with Gasteiger partial charge in [-0.3, -0.25) is 14.3 Å². The van der Waals surface area contributed by atoms with Gasteiger partial charge in [-0.25, -0.2) is 8.42 Å². The fraction of sp³-hybridized carbons (Fsp3) is 0.269. The van der Waals surface area contributed by atoms with Crippen molar-refractivity contribution < 1.29 is 18.0 Å². The number of nitrogens with zero attached hydrogens (tertiary/aromatic N) is 2. The highest BCUT2D eigenvalue weighted by Crippen LogP contribution is 2.31. The first-order chi connectivity index (χ1) is 17.6. The quantitative estimate of drug-likeness (QED) is 0.158. The molecule has 11 heteroatoms. The number of rotatable bonds is 10. The molecule has 5 N–H and O–H groups in total. The summed E-state index contributed by atoms with van der Waals surface area (Å²) in [5.41, 5.74) is 11.0. The first kappa shape index (κ1) is 29.1. The average Bonchev–Trinajstić information content (AvgIpc) is 2.85. The van der Waals surface area contributed by atoms with Crippen molar-refractivity contribution in [2.24, 2.45) is 16.6 Å². The molecule has 0 spiro atoms. The zero-order chi connectivity index (χ0) is 27.4. The number of carbonyl (C=O) groups is 1. The molecule has 0 saturated carbocycles. The normalized spacial score (nSPS) is 10.7. The van der Waals surface area contributed by atoms with Gasteiger partial charge in [0.1, 0.15) is 23.3 Å². The number of aromatic nitrogens is 1. The van der Waals surface area contributed by atoms with E-state index >= 15 is 0 Å². The number of guanidine groups is 1. The molecule has 0 aliphatic rings. The minimum absolute atomic E-state index is 0.0292. The second kappa shape index (κ2) is 13.8. The van der Waals surface area contributed by atoms with E-state index in [-0.39, 0.29) is 24.0 Å². The van der Waals surface area contributed by atoms with Crippen LogP contribution in [0, 0.1) is 6.92 Å². The number of nitrogens with one attached hydrogen (secondary N) is 1. The molecule has 0 aliphatic carbocycles. The van der Waals surface area contributed by atoms with Gasteiger partial charge in [0.2, 0.25) is 16.0 Å². The van der Waals surface area contributed by atoms with E-state index in [2.05, 4.69) is 14.7 Å². The molecule has 0 amide bonds.